The van der Waals surface area contributed by atoms with Crippen molar-refractivity contribution < 1.29 is 14.3 Å². The Labute approximate surface area is 84.4 Å². The second kappa shape index (κ2) is 7.17. The molecule has 0 bridgehead atoms. The van der Waals surface area contributed by atoms with Crippen LogP contribution in [0.25, 0.3) is 0 Å². The maximum atomic E-state index is 11.3. The van der Waals surface area contributed by atoms with Gasteiger partial charge in [0.15, 0.2) is 0 Å². The lowest BCUT2D eigenvalue weighted by molar-refractivity contribution is -0.140. The lowest BCUT2D eigenvalue weighted by atomic mass is 10.4. The van der Waals surface area contributed by atoms with Crippen LogP contribution in [0.5, 0.6) is 0 Å². The first-order valence-electron chi connectivity index (χ1n) is 4.75. The first-order valence-corrected chi connectivity index (χ1v) is 4.75. The van der Waals surface area contributed by atoms with Gasteiger partial charge in [-0.05, 0) is 13.8 Å². The van der Waals surface area contributed by atoms with E-state index >= 15 is 0 Å². The molecule has 0 spiro atoms. The fourth-order valence-corrected chi connectivity index (χ4v) is 0.996. The van der Waals surface area contributed by atoms with E-state index in [4.69, 9.17) is 0 Å². The van der Waals surface area contributed by atoms with Gasteiger partial charge >= 0.3 is 12.0 Å². The Morgan fingerprint density at radius 2 is 1.86 bits per heavy atom. The zero-order valence-electron chi connectivity index (χ0n) is 9.00. The molecular weight excluding hydrogens is 184 g/mol. The minimum Gasteiger partial charge on any atom is -0.469 e. The number of urea groups is 1. The highest BCUT2D eigenvalue weighted by molar-refractivity contribution is 5.75. The van der Waals surface area contributed by atoms with Crippen LogP contribution in [0.15, 0.2) is 0 Å². The largest absolute Gasteiger partial charge is 0.469 e. The number of amides is 2. The second-order valence-electron chi connectivity index (χ2n) is 2.73. The van der Waals surface area contributed by atoms with E-state index in [1.54, 1.807) is 4.90 Å². The number of nitrogens with zero attached hydrogens (tertiary/aromatic N) is 1. The number of hydrogen-bond acceptors (Lipinski definition) is 3. The van der Waals surface area contributed by atoms with Gasteiger partial charge in [0.2, 0.25) is 0 Å². The molecule has 14 heavy (non-hydrogen) atoms. The molecule has 0 saturated heterocycles. The van der Waals surface area contributed by atoms with Gasteiger partial charge in [-0.1, -0.05) is 0 Å². The topological polar surface area (TPSA) is 58.6 Å². The number of esters is 1. The first kappa shape index (κ1) is 12.7. The van der Waals surface area contributed by atoms with Gasteiger partial charge in [-0.15, -0.1) is 0 Å². The molecule has 0 aromatic carbocycles. The molecule has 0 heterocycles. The normalized spacial score (nSPS) is 9.36. The van der Waals surface area contributed by atoms with Crippen LogP contribution in [-0.4, -0.2) is 43.6 Å². The van der Waals surface area contributed by atoms with E-state index < -0.39 is 0 Å². The summed E-state index contributed by atoms with van der Waals surface area (Å²) in [5, 5.41) is 2.64. The number of rotatable bonds is 5. The van der Waals surface area contributed by atoms with Crippen LogP contribution < -0.4 is 5.32 Å². The molecular formula is C9H18N2O3. The Balaban J connectivity index is 3.67. The summed E-state index contributed by atoms with van der Waals surface area (Å²) in [6.45, 7) is 5.47. The van der Waals surface area contributed by atoms with Gasteiger partial charge in [0, 0.05) is 19.6 Å². The van der Waals surface area contributed by atoms with E-state index in [0.29, 0.717) is 19.6 Å². The lowest BCUT2D eigenvalue weighted by Crippen LogP contribution is -2.40. The van der Waals surface area contributed by atoms with Crippen LogP contribution in [0.2, 0.25) is 0 Å². The van der Waals surface area contributed by atoms with E-state index in [9.17, 15) is 9.59 Å². The molecule has 0 aliphatic carbocycles. The molecule has 0 aromatic heterocycles. The molecule has 5 heteroatoms. The molecule has 0 atom stereocenters. The summed E-state index contributed by atoms with van der Waals surface area (Å²) < 4.78 is 4.44. The molecule has 0 fully saturated rings. The standard InChI is InChI=1S/C9H18N2O3/c1-4-11(5-2)9(13)10-7-6-8(12)14-3/h4-7H2,1-3H3,(H,10,13). The van der Waals surface area contributed by atoms with Crippen molar-refractivity contribution in [3.63, 3.8) is 0 Å². The maximum absolute atomic E-state index is 11.3. The van der Waals surface area contributed by atoms with Gasteiger partial charge in [0.05, 0.1) is 13.5 Å². The van der Waals surface area contributed by atoms with Crippen LogP contribution in [0.4, 0.5) is 4.79 Å². The summed E-state index contributed by atoms with van der Waals surface area (Å²) in [6, 6.07) is -0.140. The Morgan fingerprint density at radius 1 is 1.29 bits per heavy atom. The van der Waals surface area contributed by atoms with Crippen molar-refractivity contribution in [3.8, 4) is 0 Å². The molecule has 1 N–H and O–H groups in total. The Hall–Kier alpha value is -1.26. The number of methoxy groups -OCH3 is 1. The molecule has 0 rings (SSSR count). The van der Waals surface area contributed by atoms with E-state index in [0.717, 1.165) is 0 Å². The molecule has 0 aliphatic rings. The predicted octanol–water partition coefficient (Wildman–Crippen LogP) is 0.601. The first-order chi connectivity index (χ1) is 6.65. The summed E-state index contributed by atoms with van der Waals surface area (Å²) in [4.78, 5) is 23.7. The average Bonchev–Trinajstić information content (AvgIpc) is 2.19. The summed E-state index contributed by atoms with van der Waals surface area (Å²) in [5.74, 6) is -0.315. The van der Waals surface area contributed by atoms with Crippen molar-refractivity contribution in [2.24, 2.45) is 0 Å². The summed E-state index contributed by atoms with van der Waals surface area (Å²) in [6.07, 6.45) is 0.212. The minimum atomic E-state index is -0.315. The van der Waals surface area contributed by atoms with Crippen molar-refractivity contribution >= 4 is 12.0 Å². The third-order valence-corrected chi connectivity index (χ3v) is 1.88. The van der Waals surface area contributed by atoms with Crippen LogP contribution in [0.3, 0.4) is 0 Å². The molecule has 0 aromatic rings. The van der Waals surface area contributed by atoms with Crippen LogP contribution in [0, 0.1) is 0 Å². The molecule has 0 saturated carbocycles. The van der Waals surface area contributed by atoms with Gasteiger partial charge in [-0.2, -0.15) is 0 Å². The van der Waals surface area contributed by atoms with Crippen molar-refractivity contribution in [2.75, 3.05) is 26.7 Å². The third kappa shape index (κ3) is 4.69. The van der Waals surface area contributed by atoms with Gasteiger partial charge in [-0.25, -0.2) is 4.79 Å². The van der Waals surface area contributed by atoms with Crippen molar-refractivity contribution in [1.29, 1.82) is 0 Å². The number of carbonyl (C=O) groups is 2. The van der Waals surface area contributed by atoms with E-state index in [1.807, 2.05) is 13.8 Å². The fraction of sp³-hybridized carbons (Fsp3) is 0.778. The molecule has 0 aliphatic heterocycles. The van der Waals surface area contributed by atoms with Gasteiger partial charge in [-0.3, -0.25) is 4.79 Å². The van der Waals surface area contributed by atoms with E-state index in [-0.39, 0.29) is 18.4 Å². The molecule has 0 unspecified atom stereocenters. The van der Waals surface area contributed by atoms with E-state index in [2.05, 4.69) is 10.1 Å². The van der Waals surface area contributed by atoms with E-state index in [1.165, 1.54) is 7.11 Å². The number of ether oxygens (including phenoxy) is 1. The maximum Gasteiger partial charge on any atom is 0.317 e. The predicted molar refractivity (Wildman–Crippen MR) is 53.0 cm³/mol. The molecule has 5 nitrogen and oxygen atoms in total. The second-order valence-corrected chi connectivity index (χ2v) is 2.73. The smallest absolute Gasteiger partial charge is 0.317 e. The monoisotopic (exact) mass is 202 g/mol. The quantitative estimate of drug-likeness (QED) is 0.664. The van der Waals surface area contributed by atoms with Crippen LogP contribution in [-0.2, 0) is 9.53 Å². The van der Waals surface area contributed by atoms with Crippen LogP contribution in [0.1, 0.15) is 20.3 Å². The molecule has 82 valence electrons. The Kier molecular flexibility index (Phi) is 6.53. The fourth-order valence-electron chi connectivity index (χ4n) is 0.996. The average molecular weight is 202 g/mol. The van der Waals surface area contributed by atoms with Crippen molar-refractivity contribution in [3.05, 3.63) is 0 Å². The van der Waals surface area contributed by atoms with Crippen LogP contribution >= 0.6 is 0 Å². The van der Waals surface area contributed by atoms with Crippen molar-refractivity contribution in [1.82, 2.24) is 10.2 Å². The highest BCUT2D eigenvalue weighted by Gasteiger charge is 2.08. The number of nitrogens with one attached hydrogen (secondary N) is 1. The van der Waals surface area contributed by atoms with Gasteiger partial charge < -0.3 is 15.0 Å². The summed E-state index contributed by atoms with van der Waals surface area (Å²) in [5.41, 5.74) is 0. The molecule has 2 amide bonds. The van der Waals surface area contributed by atoms with Gasteiger partial charge in [0.25, 0.3) is 0 Å². The Bertz CT molecular complexity index is 190. The zero-order chi connectivity index (χ0) is 11.0. The highest BCUT2D eigenvalue weighted by atomic mass is 16.5. The SMILES string of the molecule is CCN(CC)C(=O)NCCC(=O)OC. The van der Waals surface area contributed by atoms with Crippen molar-refractivity contribution in [2.45, 2.75) is 20.3 Å². The third-order valence-electron chi connectivity index (χ3n) is 1.88. The highest BCUT2D eigenvalue weighted by Crippen LogP contribution is 1.88. The summed E-state index contributed by atoms with van der Waals surface area (Å²) in [7, 11) is 1.33. The van der Waals surface area contributed by atoms with Gasteiger partial charge in [0.1, 0.15) is 0 Å². The zero-order valence-corrected chi connectivity index (χ0v) is 9.00. The number of carbonyl (C=O) groups excluding carboxylic acids is 2. The number of hydrogen-bond donors (Lipinski definition) is 1. The summed E-state index contributed by atoms with van der Waals surface area (Å²) >= 11 is 0. The molecule has 0 radical (unpaired) electrons. The minimum absolute atomic E-state index is 0.140. The Morgan fingerprint density at radius 3 is 2.29 bits per heavy atom. The lowest BCUT2D eigenvalue weighted by Gasteiger charge is -2.18.